The first-order valence-corrected chi connectivity index (χ1v) is 4.43. The summed E-state index contributed by atoms with van der Waals surface area (Å²) >= 11 is 1.94. The zero-order chi connectivity index (χ0) is 7.11. The van der Waals surface area contributed by atoms with Gasteiger partial charge in [-0.3, -0.25) is 0 Å². The molecule has 9 heavy (non-hydrogen) atoms. The fraction of sp³-hybridized carbons (Fsp3) is 0.625. The third kappa shape index (κ3) is 8.09. The van der Waals surface area contributed by atoms with Gasteiger partial charge in [0.05, 0.1) is 0 Å². The minimum Gasteiger partial charge on any atom is -0.158 e. The maximum absolute atomic E-state index is 3.76. The number of thioether (sulfide) groups is 1. The van der Waals surface area contributed by atoms with E-state index in [1.165, 1.54) is 11.3 Å². The fourth-order valence-corrected chi connectivity index (χ4v) is 1.23. The zero-order valence-corrected chi connectivity index (χ0v) is 7.13. The Balaban J connectivity index is 3.00. The van der Waals surface area contributed by atoms with Crippen molar-refractivity contribution in [2.75, 3.05) is 11.5 Å². The van der Waals surface area contributed by atoms with Crippen molar-refractivity contribution in [3.63, 3.8) is 0 Å². The van der Waals surface area contributed by atoms with E-state index in [-0.39, 0.29) is 0 Å². The number of allylic oxidation sites excluding steroid dienone is 1. The van der Waals surface area contributed by atoms with Gasteiger partial charge in [0.25, 0.3) is 0 Å². The van der Waals surface area contributed by atoms with E-state index in [0.717, 1.165) is 12.2 Å². The molecule has 0 heterocycles. The summed E-state index contributed by atoms with van der Waals surface area (Å²) in [7, 11) is 0. The molecule has 0 fully saturated rings. The molecular formula is C8H15S. The predicted octanol–water partition coefficient (Wildman–Crippen LogP) is 2.91. The van der Waals surface area contributed by atoms with Crippen LogP contribution in [0.3, 0.4) is 0 Å². The Morgan fingerprint density at radius 3 is 2.67 bits per heavy atom. The molecule has 53 valence electrons. The summed E-state index contributed by atoms with van der Waals surface area (Å²) in [6.45, 7) is 8.02. The maximum Gasteiger partial charge on any atom is 0.0115 e. The molecule has 0 aromatic heterocycles. The van der Waals surface area contributed by atoms with Crippen LogP contribution in [-0.2, 0) is 0 Å². The van der Waals surface area contributed by atoms with Gasteiger partial charge < -0.3 is 0 Å². The van der Waals surface area contributed by atoms with Crippen LogP contribution in [0.5, 0.6) is 0 Å². The minimum atomic E-state index is 1.04. The highest BCUT2D eigenvalue weighted by Crippen LogP contribution is 2.03. The Morgan fingerprint density at radius 2 is 2.22 bits per heavy atom. The van der Waals surface area contributed by atoms with E-state index in [1.54, 1.807) is 0 Å². The molecule has 0 rings (SSSR count). The summed E-state index contributed by atoms with van der Waals surface area (Å²) in [6.07, 6.45) is 3.29. The summed E-state index contributed by atoms with van der Waals surface area (Å²) in [5, 5.41) is 0. The van der Waals surface area contributed by atoms with E-state index in [4.69, 9.17) is 0 Å². The number of hydrogen-bond acceptors (Lipinski definition) is 1. The van der Waals surface area contributed by atoms with Crippen molar-refractivity contribution in [2.45, 2.75) is 20.3 Å². The Kier molecular flexibility index (Phi) is 6.28. The maximum atomic E-state index is 3.76. The van der Waals surface area contributed by atoms with Crippen LogP contribution < -0.4 is 0 Å². The molecule has 1 heteroatoms. The third-order valence-corrected chi connectivity index (χ3v) is 1.88. The highest BCUT2D eigenvalue weighted by molar-refractivity contribution is 7.99. The van der Waals surface area contributed by atoms with Crippen LogP contribution in [0, 0.1) is 6.92 Å². The summed E-state index contributed by atoms with van der Waals surface area (Å²) in [4.78, 5) is 0. The van der Waals surface area contributed by atoms with Crippen LogP contribution in [0.1, 0.15) is 20.3 Å². The molecule has 0 aliphatic heterocycles. The van der Waals surface area contributed by atoms with Crippen molar-refractivity contribution < 1.29 is 0 Å². The topological polar surface area (TPSA) is 0 Å². The molecule has 0 unspecified atom stereocenters. The van der Waals surface area contributed by atoms with Gasteiger partial charge in [0.1, 0.15) is 0 Å². The van der Waals surface area contributed by atoms with Crippen LogP contribution in [0.2, 0.25) is 0 Å². The molecule has 0 atom stereocenters. The van der Waals surface area contributed by atoms with Crippen molar-refractivity contribution in [3.8, 4) is 0 Å². The van der Waals surface area contributed by atoms with Crippen LogP contribution in [-0.4, -0.2) is 11.5 Å². The Hall–Kier alpha value is 0.0900. The second-order valence-corrected chi connectivity index (χ2v) is 3.36. The molecule has 0 N–H and O–H groups in total. The molecule has 0 aromatic carbocycles. The van der Waals surface area contributed by atoms with Crippen LogP contribution in [0.15, 0.2) is 11.6 Å². The van der Waals surface area contributed by atoms with Gasteiger partial charge in [0.2, 0.25) is 0 Å². The van der Waals surface area contributed by atoms with Gasteiger partial charge in [-0.15, -0.1) is 0 Å². The molecule has 0 spiro atoms. The molecule has 0 nitrogen and oxygen atoms in total. The molecule has 0 aliphatic carbocycles. The van der Waals surface area contributed by atoms with Crippen molar-refractivity contribution in [2.24, 2.45) is 0 Å². The lowest BCUT2D eigenvalue weighted by atomic mass is 10.3. The molecule has 0 aliphatic rings. The highest BCUT2D eigenvalue weighted by atomic mass is 32.2. The molecular weight excluding hydrogens is 128 g/mol. The smallest absolute Gasteiger partial charge is 0.0115 e. The number of hydrogen-bond donors (Lipinski definition) is 0. The lowest BCUT2D eigenvalue weighted by molar-refractivity contribution is 1.24. The molecule has 0 saturated carbocycles. The van der Waals surface area contributed by atoms with E-state index in [1.807, 2.05) is 11.8 Å². The van der Waals surface area contributed by atoms with E-state index in [0.29, 0.717) is 0 Å². The van der Waals surface area contributed by atoms with Crippen molar-refractivity contribution in [1.29, 1.82) is 0 Å². The lowest BCUT2D eigenvalue weighted by Crippen LogP contribution is -1.77. The van der Waals surface area contributed by atoms with Crippen molar-refractivity contribution >= 4 is 11.8 Å². The third-order valence-electron chi connectivity index (χ3n) is 0.898. The Bertz CT molecular complexity index is 80.6. The molecule has 0 bridgehead atoms. The van der Waals surface area contributed by atoms with Crippen molar-refractivity contribution in [3.05, 3.63) is 18.6 Å². The van der Waals surface area contributed by atoms with Gasteiger partial charge in [0.15, 0.2) is 0 Å². The second-order valence-electron chi connectivity index (χ2n) is 2.21. The SMILES string of the molecule is [CH2]CCSCC=C(C)C. The second kappa shape index (κ2) is 6.21. The first kappa shape index (κ1) is 9.09. The molecule has 0 saturated heterocycles. The molecule has 0 amide bonds. The average molecular weight is 143 g/mol. The van der Waals surface area contributed by atoms with Gasteiger partial charge >= 0.3 is 0 Å². The lowest BCUT2D eigenvalue weighted by Gasteiger charge is -1.92. The predicted molar refractivity (Wildman–Crippen MR) is 46.7 cm³/mol. The summed E-state index contributed by atoms with van der Waals surface area (Å²) in [6, 6.07) is 0. The number of rotatable bonds is 4. The zero-order valence-electron chi connectivity index (χ0n) is 6.31. The first-order chi connectivity index (χ1) is 4.27. The monoisotopic (exact) mass is 143 g/mol. The Morgan fingerprint density at radius 1 is 1.56 bits per heavy atom. The van der Waals surface area contributed by atoms with Gasteiger partial charge in [-0.25, -0.2) is 0 Å². The molecule has 1 radical (unpaired) electrons. The van der Waals surface area contributed by atoms with Gasteiger partial charge in [-0.2, -0.15) is 11.8 Å². The summed E-state index contributed by atoms with van der Waals surface area (Å²) in [5.41, 5.74) is 1.41. The fourth-order valence-electron chi connectivity index (χ4n) is 0.411. The normalized spacial score (nSPS) is 9.22. The van der Waals surface area contributed by atoms with Crippen LogP contribution in [0.25, 0.3) is 0 Å². The van der Waals surface area contributed by atoms with Crippen LogP contribution in [0.4, 0.5) is 0 Å². The minimum absolute atomic E-state index is 1.04. The average Bonchev–Trinajstić information content (AvgIpc) is 1.80. The highest BCUT2D eigenvalue weighted by Gasteiger charge is 1.81. The van der Waals surface area contributed by atoms with E-state index in [9.17, 15) is 0 Å². The van der Waals surface area contributed by atoms with Gasteiger partial charge in [-0.05, 0) is 26.0 Å². The first-order valence-electron chi connectivity index (χ1n) is 3.27. The molecule has 0 aromatic rings. The van der Waals surface area contributed by atoms with E-state index >= 15 is 0 Å². The summed E-state index contributed by atoms with van der Waals surface area (Å²) < 4.78 is 0. The van der Waals surface area contributed by atoms with E-state index < -0.39 is 0 Å². The largest absolute Gasteiger partial charge is 0.158 e. The van der Waals surface area contributed by atoms with Crippen LogP contribution >= 0.6 is 11.8 Å². The van der Waals surface area contributed by atoms with Crippen molar-refractivity contribution in [1.82, 2.24) is 0 Å². The quantitative estimate of drug-likeness (QED) is 0.431. The Labute approximate surface area is 62.7 Å². The van der Waals surface area contributed by atoms with Gasteiger partial charge in [-0.1, -0.05) is 18.6 Å². The standard InChI is InChI=1S/C8H15S/c1-4-6-9-7-5-8(2)3/h5H,1,4,6-7H2,2-3H3. The summed E-state index contributed by atoms with van der Waals surface area (Å²) in [5.74, 6) is 2.33. The van der Waals surface area contributed by atoms with E-state index in [2.05, 4.69) is 26.8 Å². The van der Waals surface area contributed by atoms with Gasteiger partial charge in [0, 0.05) is 5.75 Å².